The minimum atomic E-state index is -0.335. The van der Waals surface area contributed by atoms with Crippen LogP contribution in [0.4, 0.5) is 11.4 Å². The van der Waals surface area contributed by atoms with Gasteiger partial charge in [0.15, 0.2) is 5.76 Å². The molecule has 0 aliphatic heterocycles. The number of hydrogen-bond donors (Lipinski definition) is 2. The molecule has 0 unspecified atom stereocenters. The summed E-state index contributed by atoms with van der Waals surface area (Å²) in [7, 11) is 3.97. The summed E-state index contributed by atoms with van der Waals surface area (Å²) < 4.78 is 5.04. The van der Waals surface area contributed by atoms with Crippen LogP contribution in [0.15, 0.2) is 71.3 Å². The second-order valence-corrected chi connectivity index (χ2v) is 6.25. The van der Waals surface area contributed by atoms with Gasteiger partial charge in [-0.2, -0.15) is 0 Å². The third kappa shape index (κ3) is 4.76. The fourth-order valence-electron chi connectivity index (χ4n) is 2.50. The van der Waals surface area contributed by atoms with Gasteiger partial charge in [-0.25, -0.2) is 0 Å². The summed E-state index contributed by atoms with van der Waals surface area (Å²) in [5.41, 5.74) is 3.25. The Morgan fingerprint density at radius 1 is 0.926 bits per heavy atom. The van der Waals surface area contributed by atoms with Crippen molar-refractivity contribution in [1.82, 2.24) is 5.32 Å². The number of rotatable bonds is 6. The van der Waals surface area contributed by atoms with E-state index in [9.17, 15) is 9.59 Å². The summed E-state index contributed by atoms with van der Waals surface area (Å²) in [6.45, 7) is 0.448. The molecule has 0 radical (unpaired) electrons. The third-order valence-corrected chi connectivity index (χ3v) is 4.06. The molecule has 27 heavy (non-hydrogen) atoms. The van der Waals surface area contributed by atoms with Gasteiger partial charge in [-0.1, -0.05) is 12.1 Å². The van der Waals surface area contributed by atoms with E-state index in [2.05, 4.69) is 10.6 Å². The van der Waals surface area contributed by atoms with E-state index in [1.165, 1.54) is 6.26 Å². The number of carbonyl (C=O) groups excluding carboxylic acids is 2. The Bertz CT molecular complexity index is 899. The number of furan rings is 1. The molecule has 0 spiro atoms. The maximum Gasteiger partial charge on any atom is 0.291 e. The van der Waals surface area contributed by atoms with Crippen molar-refractivity contribution < 1.29 is 14.0 Å². The van der Waals surface area contributed by atoms with Crippen molar-refractivity contribution in [3.63, 3.8) is 0 Å². The molecule has 0 aliphatic rings. The molecule has 0 bridgehead atoms. The largest absolute Gasteiger partial charge is 0.459 e. The SMILES string of the molecule is CN(C)c1ccc(CNC(=O)c2ccc(NC(=O)c3ccco3)cc2)cc1. The lowest BCUT2D eigenvalue weighted by Gasteiger charge is -2.13. The van der Waals surface area contributed by atoms with Gasteiger partial charge in [0.2, 0.25) is 0 Å². The molecule has 0 atom stereocenters. The minimum absolute atomic E-state index is 0.171. The van der Waals surface area contributed by atoms with Gasteiger partial charge in [0.05, 0.1) is 6.26 Å². The third-order valence-electron chi connectivity index (χ3n) is 4.06. The highest BCUT2D eigenvalue weighted by Gasteiger charge is 2.10. The van der Waals surface area contributed by atoms with Crippen molar-refractivity contribution in [2.75, 3.05) is 24.3 Å². The number of anilines is 2. The van der Waals surface area contributed by atoms with Gasteiger partial charge >= 0.3 is 0 Å². The number of amides is 2. The Labute approximate surface area is 157 Å². The van der Waals surface area contributed by atoms with Crippen LogP contribution < -0.4 is 15.5 Å². The van der Waals surface area contributed by atoms with Crippen molar-refractivity contribution >= 4 is 23.2 Å². The fourth-order valence-corrected chi connectivity index (χ4v) is 2.50. The Morgan fingerprint density at radius 2 is 1.63 bits per heavy atom. The molecule has 1 aromatic heterocycles. The van der Waals surface area contributed by atoms with Crippen molar-refractivity contribution in [2.45, 2.75) is 6.54 Å². The first-order valence-corrected chi connectivity index (χ1v) is 8.52. The van der Waals surface area contributed by atoms with Crippen LogP contribution in [0.1, 0.15) is 26.5 Å². The maximum atomic E-state index is 12.3. The first-order valence-electron chi connectivity index (χ1n) is 8.52. The summed E-state index contributed by atoms with van der Waals surface area (Å²) in [6, 6.07) is 17.9. The van der Waals surface area contributed by atoms with Crippen LogP contribution in [0.2, 0.25) is 0 Å². The number of nitrogens with one attached hydrogen (secondary N) is 2. The molecule has 3 rings (SSSR count). The van der Waals surface area contributed by atoms with Gasteiger partial charge in [-0.05, 0) is 54.1 Å². The van der Waals surface area contributed by atoms with Crippen LogP contribution in [0.25, 0.3) is 0 Å². The lowest BCUT2D eigenvalue weighted by atomic mass is 10.1. The van der Waals surface area contributed by atoms with Crippen LogP contribution >= 0.6 is 0 Å². The zero-order valence-corrected chi connectivity index (χ0v) is 15.2. The average molecular weight is 363 g/mol. The van der Waals surface area contributed by atoms with Crippen LogP contribution in [0.3, 0.4) is 0 Å². The van der Waals surface area contributed by atoms with Crippen molar-refractivity contribution in [1.29, 1.82) is 0 Å². The lowest BCUT2D eigenvalue weighted by Crippen LogP contribution is -2.22. The maximum absolute atomic E-state index is 12.3. The molecule has 138 valence electrons. The Hall–Kier alpha value is -3.54. The smallest absolute Gasteiger partial charge is 0.291 e. The van der Waals surface area contributed by atoms with Gasteiger partial charge in [0.1, 0.15) is 0 Å². The molecular weight excluding hydrogens is 342 g/mol. The molecular formula is C21H21N3O3. The highest BCUT2D eigenvalue weighted by molar-refractivity contribution is 6.02. The van der Waals surface area contributed by atoms with E-state index in [-0.39, 0.29) is 17.6 Å². The van der Waals surface area contributed by atoms with Crippen LogP contribution in [-0.4, -0.2) is 25.9 Å². The minimum Gasteiger partial charge on any atom is -0.459 e. The molecule has 1 heterocycles. The summed E-state index contributed by atoms with van der Waals surface area (Å²) in [4.78, 5) is 26.2. The highest BCUT2D eigenvalue weighted by Crippen LogP contribution is 2.14. The molecule has 2 aromatic carbocycles. The lowest BCUT2D eigenvalue weighted by molar-refractivity contribution is 0.0950. The van der Waals surface area contributed by atoms with Crippen molar-refractivity contribution in [3.8, 4) is 0 Å². The molecule has 0 fully saturated rings. The molecule has 0 saturated heterocycles. The predicted octanol–water partition coefficient (Wildman–Crippen LogP) is 3.53. The van der Waals surface area contributed by atoms with E-state index in [1.54, 1.807) is 36.4 Å². The van der Waals surface area contributed by atoms with Crippen LogP contribution in [0, 0.1) is 0 Å². The fraction of sp³-hybridized carbons (Fsp3) is 0.143. The average Bonchev–Trinajstić information content (AvgIpc) is 3.22. The summed E-state index contributed by atoms with van der Waals surface area (Å²) in [5.74, 6) is -0.272. The van der Waals surface area contributed by atoms with Gasteiger partial charge in [-0.15, -0.1) is 0 Å². The summed E-state index contributed by atoms with van der Waals surface area (Å²) in [6.07, 6.45) is 1.44. The topological polar surface area (TPSA) is 74.6 Å². The molecule has 3 aromatic rings. The zero-order valence-electron chi connectivity index (χ0n) is 15.2. The molecule has 0 saturated carbocycles. The first kappa shape index (κ1) is 18.3. The Morgan fingerprint density at radius 3 is 2.22 bits per heavy atom. The van der Waals surface area contributed by atoms with E-state index in [4.69, 9.17) is 4.42 Å². The van der Waals surface area contributed by atoms with E-state index in [1.807, 2.05) is 43.3 Å². The number of carbonyl (C=O) groups is 2. The Balaban J connectivity index is 1.55. The number of nitrogens with zero attached hydrogens (tertiary/aromatic N) is 1. The molecule has 6 heteroatoms. The monoisotopic (exact) mass is 363 g/mol. The summed E-state index contributed by atoms with van der Waals surface area (Å²) >= 11 is 0. The predicted molar refractivity (Wildman–Crippen MR) is 105 cm³/mol. The number of benzene rings is 2. The molecule has 0 aliphatic carbocycles. The molecule has 6 nitrogen and oxygen atoms in total. The normalized spacial score (nSPS) is 10.3. The van der Waals surface area contributed by atoms with Gasteiger partial charge in [-0.3, -0.25) is 9.59 Å². The Kier molecular flexibility index (Phi) is 5.56. The van der Waals surface area contributed by atoms with E-state index in [0.717, 1.165) is 11.3 Å². The van der Waals surface area contributed by atoms with E-state index in [0.29, 0.717) is 17.8 Å². The van der Waals surface area contributed by atoms with Gasteiger partial charge < -0.3 is 20.0 Å². The quantitative estimate of drug-likeness (QED) is 0.703. The van der Waals surface area contributed by atoms with E-state index >= 15 is 0 Å². The second-order valence-electron chi connectivity index (χ2n) is 6.25. The summed E-state index contributed by atoms with van der Waals surface area (Å²) in [5, 5.41) is 5.61. The van der Waals surface area contributed by atoms with Gasteiger partial charge in [0.25, 0.3) is 11.8 Å². The highest BCUT2D eigenvalue weighted by atomic mass is 16.3. The second kappa shape index (κ2) is 8.23. The molecule has 2 amide bonds. The number of hydrogen-bond acceptors (Lipinski definition) is 4. The van der Waals surface area contributed by atoms with Crippen LogP contribution in [-0.2, 0) is 6.54 Å². The zero-order chi connectivity index (χ0) is 19.2. The van der Waals surface area contributed by atoms with Crippen molar-refractivity contribution in [3.05, 3.63) is 83.8 Å². The van der Waals surface area contributed by atoms with E-state index < -0.39 is 0 Å². The van der Waals surface area contributed by atoms with Gasteiger partial charge in [0, 0.05) is 37.6 Å². The first-order chi connectivity index (χ1) is 13.0. The molecule has 2 N–H and O–H groups in total. The standard InChI is InChI=1S/C21H21N3O3/c1-24(2)18-11-5-15(6-12-18)14-22-20(25)16-7-9-17(10-8-16)23-21(26)19-4-3-13-27-19/h3-13H,14H2,1-2H3,(H,22,25)(H,23,26). The van der Waals surface area contributed by atoms with Crippen LogP contribution in [0.5, 0.6) is 0 Å². The van der Waals surface area contributed by atoms with Crippen molar-refractivity contribution in [2.24, 2.45) is 0 Å².